The minimum Gasteiger partial charge on any atom is -0.506 e. The number of hydrogen-bond acceptors (Lipinski definition) is 4. The van der Waals surface area contributed by atoms with Gasteiger partial charge in [0.1, 0.15) is 17.0 Å². The fourth-order valence-electron chi connectivity index (χ4n) is 3.33. The van der Waals surface area contributed by atoms with Gasteiger partial charge in [-0.2, -0.15) is 5.10 Å². The maximum absolute atomic E-state index is 12.7. The fourth-order valence-corrected chi connectivity index (χ4v) is 3.33. The van der Waals surface area contributed by atoms with E-state index in [1.807, 2.05) is 56.3 Å². The van der Waals surface area contributed by atoms with Crippen LogP contribution in [-0.2, 0) is 6.54 Å². The molecule has 0 aliphatic carbocycles. The number of aromatic nitrogens is 3. The Bertz CT molecular complexity index is 1270. The molecule has 2 aromatic carbocycles. The third-order valence-corrected chi connectivity index (χ3v) is 4.82. The van der Waals surface area contributed by atoms with Crippen LogP contribution in [0.2, 0.25) is 0 Å². The third kappa shape index (κ3) is 3.50. The number of aromatic amines is 1. The molecule has 0 spiro atoms. The van der Waals surface area contributed by atoms with Gasteiger partial charge in [-0.1, -0.05) is 48.0 Å². The highest BCUT2D eigenvalue weighted by Crippen LogP contribution is 2.26. The zero-order chi connectivity index (χ0) is 20.5. The molecule has 0 fully saturated rings. The number of aromatic hydroxyl groups is 1. The Labute approximate surface area is 166 Å². The summed E-state index contributed by atoms with van der Waals surface area (Å²) in [5, 5.41) is 17.9. The van der Waals surface area contributed by atoms with Crippen LogP contribution in [0.1, 0.15) is 27.0 Å². The maximum atomic E-state index is 12.7. The van der Waals surface area contributed by atoms with Crippen LogP contribution in [0.25, 0.3) is 11.0 Å². The molecule has 1 amide bonds. The number of anilines is 1. The lowest BCUT2D eigenvalue weighted by molar-refractivity contribution is 0.102. The first kappa shape index (κ1) is 18.5. The number of pyridine rings is 1. The summed E-state index contributed by atoms with van der Waals surface area (Å²) >= 11 is 0. The summed E-state index contributed by atoms with van der Waals surface area (Å²) in [5.74, 6) is -1.06. The fraction of sp³-hybridized carbons (Fsp3) is 0.136. The Morgan fingerprint density at radius 2 is 1.93 bits per heavy atom. The molecule has 0 saturated heterocycles. The van der Waals surface area contributed by atoms with Gasteiger partial charge in [0, 0.05) is 5.69 Å². The number of fused-ring (bicyclic) bond motifs is 1. The van der Waals surface area contributed by atoms with Crippen molar-refractivity contribution >= 4 is 22.6 Å². The number of nitrogens with one attached hydrogen (secondary N) is 2. The Kier molecular flexibility index (Phi) is 4.64. The van der Waals surface area contributed by atoms with E-state index >= 15 is 0 Å². The molecule has 0 aliphatic heterocycles. The molecule has 4 aromatic rings. The Hall–Kier alpha value is -3.87. The standard InChI is InChI=1S/C22H20N4O3/c1-13-8-9-17(14(2)10-13)24-21(28)18-19(27)16-11-23-26(20(16)25-22(18)29)12-15-6-4-3-5-7-15/h3-11H,12H2,1-2H3,(H,24,28)(H2,25,27,29). The van der Waals surface area contributed by atoms with E-state index in [1.54, 1.807) is 10.7 Å². The third-order valence-electron chi connectivity index (χ3n) is 4.82. The zero-order valence-corrected chi connectivity index (χ0v) is 16.1. The van der Waals surface area contributed by atoms with Crippen molar-refractivity contribution in [1.29, 1.82) is 0 Å². The monoisotopic (exact) mass is 388 g/mol. The number of aryl methyl sites for hydroxylation is 2. The number of benzene rings is 2. The zero-order valence-electron chi connectivity index (χ0n) is 16.1. The lowest BCUT2D eigenvalue weighted by Gasteiger charge is -2.10. The SMILES string of the molecule is Cc1ccc(NC(=O)c2c(O)c3cnn(Cc4ccccc4)c3[nH]c2=O)c(C)c1. The van der Waals surface area contributed by atoms with Gasteiger partial charge in [-0.25, -0.2) is 4.68 Å². The van der Waals surface area contributed by atoms with Crippen molar-refractivity contribution in [1.82, 2.24) is 14.8 Å². The maximum Gasteiger partial charge on any atom is 0.266 e. The van der Waals surface area contributed by atoms with Gasteiger partial charge in [-0.15, -0.1) is 0 Å². The number of nitrogens with zero attached hydrogens (tertiary/aromatic N) is 2. The minimum atomic E-state index is -0.674. The van der Waals surface area contributed by atoms with E-state index < -0.39 is 11.5 Å². The minimum absolute atomic E-state index is 0.311. The van der Waals surface area contributed by atoms with E-state index in [9.17, 15) is 14.7 Å². The largest absolute Gasteiger partial charge is 0.506 e. The molecule has 4 rings (SSSR count). The van der Waals surface area contributed by atoms with Crippen molar-refractivity contribution in [3.8, 4) is 5.75 Å². The number of carbonyl (C=O) groups is 1. The first-order valence-corrected chi connectivity index (χ1v) is 9.17. The highest BCUT2D eigenvalue weighted by Gasteiger charge is 2.22. The first-order chi connectivity index (χ1) is 13.9. The summed E-state index contributed by atoms with van der Waals surface area (Å²) < 4.78 is 1.58. The predicted octanol–water partition coefficient (Wildman–Crippen LogP) is 3.35. The lowest BCUT2D eigenvalue weighted by atomic mass is 10.1. The van der Waals surface area contributed by atoms with Crippen LogP contribution in [-0.4, -0.2) is 25.8 Å². The van der Waals surface area contributed by atoms with E-state index in [4.69, 9.17) is 0 Å². The Morgan fingerprint density at radius 1 is 1.17 bits per heavy atom. The summed E-state index contributed by atoms with van der Waals surface area (Å²) in [5.41, 5.74) is 2.86. The average Bonchev–Trinajstić information content (AvgIpc) is 3.07. The molecule has 7 nitrogen and oxygen atoms in total. The van der Waals surface area contributed by atoms with Crippen LogP contribution >= 0.6 is 0 Å². The lowest BCUT2D eigenvalue weighted by Crippen LogP contribution is -2.24. The molecular formula is C22H20N4O3. The molecule has 2 heterocycles. The molecule has 146 valence electrons. The molecule has 2 aromatic heterocycles. The molecular weight excluding hydrogens is 368 g/mol. The van der Waals surface area contributed by atoms with Crippen LogP contribution in [0.15, 0.2) is 59.5 Å². The molecule has 0 unspecified atom stereocenters. The second-order valence-corrected chi connectivity index (χ2v) is 7.00. The normalized spacial score (nSPS) is 11.0. The first-order valence-electron chi connectivity index (χ1n) is 9.17. The quantitative estimate of drug-likeness (QED) is 0.499. The number of rotatable bonds is 4. The van der Waals surface area contributed by atoms with E-state index in [0.717, 1.165) is 16.7 Å². The summed E-state index contributed by atoms with van der Waals surface area (Å²) in [6, 6.07) is 15.2. The van der Waals surface area contributed by atoms with Crippen molar-refractivity contribution in [3.05, 3.63) is 87.3 Å². The van der Waals surface area contributed by atoms with Gasteiger partial charge in [0.15, 0.2) is 0 Å². The molecule has 0 aliphatic rings. The molecule has 3 N–H and O–H groups in total. The number of amides is 1. The molecule has 0 bridgehead atoms. The molecule has 0 radical (unpaired) electrons. The van der Waals surface area contributed by atoms with E-state index in [0.29, 0.717) is 23.3 Å². The summed E-state index contributed by atoms with van der Waals surface area (Å²) in [6.07, 6.45) is 1.44. The smallest absolute Gasteiger partial charge is 0.266 e. The molecule has 0 atom stereocenters. The van der Waals surface area contributed by atoms with Crippen molar-refractivity contribution in [2.24, 2.45) is 0 Å². The van der Waals surface area contributed by atoms with Gasteiger partial charge in [0.25, 0.3) is 11.5 Å². The van der Waals surface area contributed by atoms with Gasteiger partial charge in [0.2, 0.25) is 0 Å². The van der Waals surface area contributed by atoms with Crippen LogP contribution in [0.3, 0.4) is 0 Å². The van der Waals surface area contributed by atoms with Gasteiger partial charge < -0.3 is 15.4 Å². The van der Waals surface area contributed by atoms with Crippen molar-refractivity contribution in [2.75, 3.05) is 5.32 Å². The average molecular weight is 388 g/mol. The van der Waals surface area contributed by atoms with Crippen LogP contribution in [0, 0.1) is 13.8 Å². The molecule has 29 heavy (non-hydrogen) atoms. The number of H-pyrrole nitrogens is 1. The second-order valence-electron chi connectivity index (χ2n) is 7.00. The van der Waals surface area contributed by atoms with Gasteiger partial charge in [-0.05, 0) is 31.0 Å². The van der Waals surface area contributed by atoms with E-state index in [1.165, 1.54) is 6.20 Å². The topological polar surface area (TPSA) is 100 Å². The highest BCUT2D eigenvalue weighted by molar-refractivity contribution is 6.08. The number of carbonyl (C=O) groups excluding carboxylic acids is 1. The van der Waals surface area contributed by atoms with Crippen molar-refractivity contribution in [3.63, 3.8) is 0 Å². The van der Waals surface area contributed by atoms with Gasteiger partial charge in [0.05, 0.1) is 18.1 Å². The number of hydrogen-bond donors (Lipinski definition) is 3. The summed E-state index contributed by atoms with van der Waals surface area (Å²) in [4.78, 5) is 28.0. The van der Waals surface area contributed by atoms with E-state index in [2.05, 4.69) is 15.4 Å². The van der Waals surface area contributed by atoms with Crippen LogP contribution in [0.4, 0.5) is 5.69 Å². The Morgan fingerprint density at radius 3 is 2.66 bits per heavy atom. The molecule has 0 saturated carbocycles. The van der Waals surface area contributed by atoms with Crippen LogP contribution < -0.4 is 10.9 Å². The summed E-state index contributed by atoms with van der Waals surface area (Å²) in [6.45, 7) is 4.24. The molecule has 7 heteroatoms. The Balaban J connectivity index is 1.71. The van der Waals surface area contributed by atoms with E-state index in [-0.39, 0.29) is 11.3 Å². The van der Waals surface area contributed by atoms with Crippen molar-refractivity contribution in [2.45, 2.75) is 20.4 Å². The van der Waals surface area contributed by atoms with Crippen LogP contribution in [0.5, 0.6) is 5.75 Å². The highest BCUT2D eigenvalue weighted by atomic mass is 16.3. The van der Waals surface area contributed by atoms with Gasteiger partial charge in [-0.3, -0.25) is 9.59 Å². The predicted molar refractivity (Wildman–Crippen MR) is 111 cm³/mol. The second kappa shape index (κ2) is 7.27. The van der Waals surface area contributed by atoms with Gasteiger partial charge >= 0.3 is 0 Å². The summed E-state index contributed by atoms with van der Waals surface area (Å²) in [7, 11) is 0. The van der Waals surface area contributed by atoms with Crippen molar-refractivity contribution < 1.29 is 9.90 Å².